The standard InChI is InChI=1S/C32H32Cl2N2O6/c1-5-11-40-30-24(33)13-20(14-25(30)34)32(37)41-21-7-8-22-27(16-21)42-31(36)23(17-35)29(22)19-6-9-26(28(15-19)38-4)39-12-10-18(2)3/h6-9,13-16,18,29H,5,10-12,36H2,1-4H3. The molecule has 42 heavy (non-hydrogen) atoms. The van der Waals surface area contributed by atoms with Crippen molar-refractivity contribution in [1.82, 2.24) is 0 Å². The van der Waals surface area contributed by atoms with Gasteiger partial charge in [0.15, 0.2) is 17.2 Å². The molecule has 4 rings (SSSR count). The summed E-state index contributed by atoms with van der Waals surface area (Å²) < 4.78 is 28.5. The first-order valence-corrected chi connectivity index (χ1v) is 14.3. The zero-order valence-electron chi connectivity index (χ0n) is 23.8. The lowest BCUT2D eigenvalue weighted by atomic mass is 9.83. The SMILES string of the molecule is CCCOc1c(Cl)cc(C(=O)Oc2ccc3c(c2)OC(N)=C(C#N)C3c2ccc(OCCC(C)C)c(OC)c2)cc1Cl. The van der Waals surface area contributed by atoms with Crippen LogP contribution < -0.4 is 29.4 Å². The number of nitrogens with zero attached hydrogens (tertiary/aromatic N) is 1. The molecule has 0 bridgehead atoms. The second-order valence-corrected chi connectivity index (χ2v) is 10.9. The summed E-state index contributed by atoms with van der Waals surface area (Å²) in [4.78, 5) is 13.0. The number of benzene rings is 3. The number of esters is 1. The van der Waals surface area contributed by atoms with Gasteiger partial charge in [-0.15, -0.1) is 0 Å². The van der Waals surface area contributed by atoms with Crippen LogP contribution in [0.4, 0.5) is 0 Å². The van der Waals surface area contributed by atoms with Crippen molar-refractivity contribution < 1.29 is 28.5 Å². The van der Waals surface area contributed by atoms with Crippen LogP contribution in [0, 0.1) is 17.2 Å². The van der Waals surface area contributed by atoms with Gasteiger partial charge < -0.3 is 29.4 Å². The number of carbonyl (C=O) groups excluding carboxylic acids is 1. The van der Waals surface area contributed by atoms with Crippen LogP contribution >= 0.6 is 23.2 Å². The first kappa shape index (κ1) is 30.9. The lowest BCUT2D eigenvalue weighted by Gasteiger charge is -2.27. The summed E-state index contributed by atoms with van der Waals surface area (Å²) in [5, 5.41) is 10.4. The largest absolute Gasteiger partial charge is 0.493 e. The highest BCUT2D eigenvalue weighted by molar-refractivity contribution is 6.37. The van der Waals surface area contributed by atoms with E-state index in [9.17, 15) is 10.1 Å². The fourth-order valence-electron chi connectivity index (χ4n) is 4.42. The second kappa shape index (κ2) is 13.7. The number of halogens is 2. The molecule has 1 atom stereocenters. The Labute approximate surface area is 255 Å². The summed E-state index contributed by atoms with van der Waals surface area (Å²) in [5.41, 5.74) is 8.00. The molecule has 0 radical (unpaired) electrons. The number of hydrogen-bond donors (Lipinski definition) is 1. The predicted octanol–water partition coefficient (Wildman–Crippen LogP) is 7.65. The molecule has 1 unspecified atom stereocenters. The van der Waals surface area contributed by atoms with E-state index in [2.05, 4.69) is 19.9 Å². The number of nitrogens with two attached hydrogens (primary N) is 1. The Kier molecular flexibility index (Phi) is 10.1. The molecule has 0 saturated carbocycles. The molecule has 0 amide bonds. The molecule has 0 aliphatic carbocycles. The molecule has 220 valence electrons. The van der Waals surface area contributed by atoms with Gasteiger partial charge >= 0.3 is 5.97 Å². The normalized spacial score (nSPS) is 14.1. The van der Waals surface area contributed by atoms with E-state index < -0.39 is 11.9 Å². The van der Waals surface area contributed by atoms with Crippen molar-refractivity contribution >= 4 is 29.2 Å². The Morgan fingerprint density at radius 2 is 1.79 bits per heavy atom. The topological polar surface area (TPSA) is 113 Å². The second-order valence-electron chi connectivity index (χ2n) is 10.1. The summed E-state index contributed by atoms with van der Waals surface area (Å²) in [5.74, 6) is 1.25. The minimum Gasteiger partial charge on any atom is -0.493 e. The maximum atomic E-state index is 13.0. The Morgan fingerprint density at radius 1 is 1.05 bits per heavy atom. The lowest BCUT2D eigenvalue weighted by Crippen LogP contribution is -2.21. The van der Waals surface area contributed by atoms with Crippen LogP contribution in [0.2, 0.25) is 10.0 Å². The van der Waals surface area contributed by atoms with E-state index in [1.807, 2.05) is 25.1 Å². The molecule has 0 saturated heterocycles. The summed E-state index contributed by atoms with van der Waals surface area (Å²) in [6, 6.07) is 15.5. The van der Waals surface area contributed by atoms with Crippen molar-refractivity contribution in [2.75, 3.05) is 20.3 Å². The number of nitriles is 1. The van der Waals surface area contributed by atoms with Gasteiger partial charge in [-0.25, -0.2) is 4.79 Å². The van der Waals surface area contributed by atoms with Gasteiger partial charge in [-0.1, -0.05) is 56.1 Å². The van der Waals surface area contributed by atoms with Crippen LogP contribution in [0.1, 0.15) is 61.0 Å². The third-order valence-electron chi connectivity index (χ3n) is 6.56. The van der Waals surface area contributed by atoms with Gasteiger partial charge in [-0.05, 0) is 54.7 Å². The minimum atomic E-state index is -0.674. The smallest absolute Gasteiger partial charge is 0.343 e. The fraction of sp³-hybridized carbons (Fsp3) is 0.312. The number of hydrogen-bond acceptors (Lipinski definition) is 8. The van der Waals surface area contributed by atoms with Crippen LogP contribution in [0.3, 0.4) is 0 Å². The van der Waals surface area contributed by atoms with Crippen molar-refractivity contribution in [3.05, 3.63) is 86.7 Å². The number of allylic oxidation sites excluding steroid dienone is 1. The van der Waals surface area contributed by atoms with Crippen molar-refractivity contribution in [1.29, 1.82) is 5.26 Å². The summed E-state index contributed by atoms with van der Waals surface area (Å²) in [6.07, 6.45) is 1.68. The Hall–Kier alpha value is -4.06. The molecule has 3 aromatic carbocycles. The number of methoxy groups -OCH3 is 1. The van der Waals surface area contributed by atoms with Gasteiger partial charge in [-0.3, -0.25) is 0 Å². The lowest BCUT2D eigenvalue weighted by molar-refractivity contribution is 0.0734. The molecule has 0 fully saturated rings. The first-order chi connectivity index (χ1) is 20.2. The Morgan fingerprint density at radius 3 is 2.43 bits per heavy atom. The molecule has 1 aliphatic rings. The number of carbonyl (C=O) groups is 1. The number of rotatable bonds is 11. The van der Waals surface area contributed by atoms with E-state index in [1.165, 1.54) is 12.1 Å². The number of ether oxygens (including phenoxy) is 5. The van der Waals surface area contributed by atoms with E-state index in [0.29, 0.717) is 47.7 Å². The molecule has 2 N–H and O–H groups in total. The maximum Gasteiger partial charge on any atom is 0.343 e. The van der Waals surface area contributed by atoms with Crippen molar-refractivity contribution in [3.8, 4) is 34.8 Å². The van der Waals surface area contributed by atoms with Crippen molar-refractivity contribution in [2.24, 2.45) is 11.7 Å². The summed E-state index contributed by atoms with van der Waals surface area (Å²) in [6.45, 7) is 7.21. The average molecular weight is 612 g/mol. The zero-order valence-corrected chi connectivity index (χ0v) is 25.3. The molecule has 0 spiro atoms. The van der Waals surface area contributed by atoms with Gasteiger partial charge in [0.05, 0.1) is 41.9 Å². The van der Waals surface area contributed by atoms with Crippen LogP contribution in [-0.4, -0.2) is 26.3 Å². The molecule has 10 heteroatoms. The number of fused-ring (bicyclic) bond motifs is 1. The first-order valence-electron chi connectivity index (χ1n) is 13.5. The van der Waals surface area contributed by atoms with E-state index in [1.54, 1.807) is 25.3 Å². The van der Waals surface area contributed by atoms with Crippen molar-refractivity contribution in [2.45, 2.75) is 39.5 Å². The van der Waals surface area contributed by atoms with Crippen LogP contribution in [0.5, 0.6) is 28.7 Å². The van der Waals surface area contributed by atoms with E-state index in [-0.39, 0.29) is 32.8 Å². The van der Waals surface area contributed by atoms with Gasteiger partial charge in [0.2, 0.25) is 5.88 Å². The Bertz CT molecular complexity index is 1520. The molecule has 8 nitrogen and oxygen atoms in total. The quantitative estimate of drug-likeness (QED) is 0.174. The fourth-order valence-corrected chi connectivity index (χ4v) is 5.01. The highest BCUT2D eigenvalue weighted by Crippen LogP contribution is 2.45. The molecule has 1 aliphatic heterocycles. The predicted molar refractivity (Wildman–Crippen MR) is 161 cm³/mol. The van der Waals surface area contributed by atoms with Gasteiger partial charge in [0, 0.05) is 11.6 Å². The third-order valence-corrected chi connectivity index (χ3v) is 7.12. The van der Waals surface area contributed by atoms with Gasteiger partial charge in [0.25, 0.3) is 0 Å². The third kappa shape index (κ3) is 6.87. The molecule has 3 aromatic rings. The van der Waals surface area contributed by atoms with Gasteiger partial charge in [-0.2, -0.15) is 5.26 Å². The average Bonchev–Trinajstić information content (AvgIpc) is 2.95. The highest BCUT2D eigenvalue weighted by Gasteiger charge is 2.32. The van der Waals surface area contributed by atoms with E-state index in [4.69, 9.17) is 52.6 Å². The van der Waals surface area contributed by atoms with Crippen LogP contribution in [-0.2, 0) is 0 Å². The molecular weight excluding hydrogens is 579 g/mol. The zero-order chi connectivity index (χ0) is 30.4. The van der Waals surface area contributed by atoms with E-state index in [0.717, 1.165) is 18.4 Å². The highest BCUT2D eigenvalue weighted by atomic mass is 35.5. The van der Waals surface area contributed by atoms with E-state index >= 15 is 0 Å². The van der Waals surface area contributed by atoms with Crippen LogP contribution in [0.25, 0.3) is 0 Å². The molecule has 1 heterocycles. The Balaban J connectivity index is 1.61. The maximum absolute atomic E-state index is 13.0. The monoisotopic (exact) mass is 610 g/mol. The molecular formula is C32H32Cl2N2O6. The van der Waals surface area contributed by atoms with Gasteiger partial charge in [0.1, 0.15) is 23.1 Å². The summed E-state index contributed by atoms with van der Waals surface area (Å²) >= 11 is 12.6. The summed E-state index contributed by atoms with van der Waals surface area (Å²) in [7, 11) is 1.56. The minimum absolute atomic E-state index is 0.0454. The molecule has 0 aromatic heterocycles. The van der Waals surface area contributed by atoms with Crippen LogP contribution in [0.15, 0.2) is 60.0 Å². The van der Waals surface area contributed by atoms with Crippen molar-refractivity contribution in [3.63, 3.8) is 0 Å².